The summed E-state index contributed by atoms with van der Waals surface area (Å²) in [6, 6.07) is 3.40. The van der Waals surface area contributed by atoms with E-state index in [0.29, 0.717) is 16.6 Å². The van der Waals surface area contributed by atoms with Crippen LogP contribution < -0.4 is 10.6 Å². The molecule has 0 saturated carbocycles. The highest BCUT2D eigenvalue weighted by atomic mass is 35.5. The van der Waals surface area contributed by atoms with E-state index in [0.717, 1.165) is 11.1 Å². The second-order valence-corrected chi connectivity index (χ2v) is 5.01. The molecule has 5 heteroatoms. The van der Waals surface area contributed by atoms with Gasteiger partial charge in [0.15, 0.2) is 0 Å². The zero-order valence-electron chi connectivity index (χ0n) is 10.1. The minimum absolute atomic E-state index is 0.108. The van der Waals surface area contributed by atoms with Crippen molar-refractivity contribution in [2.75, 3.05) is 0 Å². The maximum atomic E-state index is 11.4. The minimum atomic E-state index is -0.203. The third kappa shape index (κ3) is 4.44. The summed E-state index contributed by atoms with van der Waals surface area (Å²) >= 11 is 11.9. The van der Waals surface area contributed by atoms with Gasteiger partial charge in [0.25, 0.3) is 0 Å². The van der Waals surface area contributed by atoms with Crippen LogP contribution in [0.5, 0.6) is 0 Å². The maximum Gasteiger partial charge on any atom is 0.315 e. The number of aryl methyl sites for hydroxylation is 1. The van der Waals surface area contributed by atoms with Crippen LogP contribution in [0.1, 0.15) is 25.0 Å². The highest BCUT2D eigenvalue weighted by molar-refractivity contribution is 6.35. The van der Waals surface area contributed by atoms with Gasteiger partial charge in [0, 0.05) is 22.6 Å². The number of carbonyl (C=O) groups excluding carboxylic acids is 1. The van der Waals surface area contributed by atoms with Crippen molar-refractivity contribution in [3.05, 3.63) is 33.3 Å². The van der Waals surface area contributed by atoms with E-state index in [1.54, 1.807) is 6.07 Å². The molecule has 0 aromatic heterocycles. The van der Waals surface area contributed by atoms with Crippen molar-refractivity contribution in [1.82, 2.24) is 10.6 Å². The molecule has 94 valence electrons. The summed E-state index contributed by atoms with van der Waals surface area (Å²) in [7, 11) is 0. The van der Waals surface area contributed by atoms with Gasteiger partial charge in [-0.15, -0.1) is 0 Å². The lowest BCUT2D eigenvalue weighted by atomic mass is 10.1. The average Bonchev–Trinajstić information content (AvgIpc) is 2.14. The molecule has 0 unspecified atom stereocenters. The molecule has 3 nitrogen and oxygen atoms in total. The first kappa shape index (κ1) is 14.1. The number of carbonyl (C=O) groups is 1. The first-order valence-electron chi connectivity index (χ1n) is 5.39. The molecule has 0 aliphatic carbocycles. The summed E-state index contributed by atoms with van der Waals surface area (Å²) in [5.41, 5.74) is 1.85. The van der Waals surface area contributed by atoms with Gasteiger partial charge < -0.3 is 10.6 Å². The largest absolute Gasteiger partial charge is 0.336 e. The van der Waals surface area contributed by atoms with Crippen LogP contribution in [0.25, 0.3) is 0 Å². The van der Waals surface area contributed by atoms with Crippen molar-refractivity contribution >= 4 is 29.2 Å². The third-order valence-electron chi connectivity index (χ3n) is 2.23. The van der Waals surface area contributed by atoms with Gasteiger partial charge in [-0.3, -0.25) is 0 Å². The molecule has 0 heterocycles. The van der Waals surface area contributed by atoms with E-state index in [2.05, 4.69) is 10.6 Å². The molecule has 1 aromatic rings. The van der Waals surface area contributed by atoms with Crippen LogP contribution in [0, 0.1) is 6.92 Å². The van der Waals surface area contributed by atoms with Gasteiger partial charge in [-0.05, 0) is 44.0 Å². The normalized spacial score (nSPS) is 10.5. The van der Waals surface area contributed by atoms with Gasteiger partial charge in [-0.2, -0.15) is 0 Å². The van der Waals surface area contributed by atoms with Crippen LogP contribution in [-0.4, -0.2) is 12.1 Å². The summed E-state index contributed by atoms with van der Waals surface area (Å²) in [6.45, 7) is 6.11. The van der Waals surface area contributed by atoms with Crippen LogP contribution in [0.2, 0.25) is 10.0 Å². The van der Waals surface area contributed by atoms with Crippen LogP contribution in [0.15, 0.2) is 12.1 Å². The third-order valence-corrected chi connectivity index (χ3v) is 2.78. The van der Waals surface area contributed by atoms with Crippen molar-refractivity contribution in [2.45, 2.75) is 33.4 Å². The molecular weight excluding hydrogens is 259 g/mol. The Labute approximate surface area is 111 Å². The SMILES string of the molecule is Cc1cc(Cl)cc(Cl)c1CNC(=O)NC(C)C. The smallest absolute Gasteiger partial charge is 0.315 e. The van der Waals surface area contributed by atoms with E-state index in [4.69, 9.17) is 23.2 Å². The molecule has 1 rings (SSSR count). The summed E-state index contributed by atoms with van der Waals surface area (Å²) < 4.78 is 0. The molecule has 2 amide bonds. The Bertz CT molecular complexity index is 396. The number of urea groups is 1. The zero-order valence-corrected chi connectivity index (χ0v) is 11.6. The molecule has 0 radical (unpaired) electrons. The highest BCUT2D eigenvalue weighted by Crippen LogP contribution is 2.24. The quantitative estimate of drug-likeness (QED) is 0.870. The number of benzene rings is 1. The average molecular weight is 275 g/mol. The van der Waals surface area contributed by atoms with Crippen molar-refractivity contribution in [2.24, 2.45) is 0 Å². The van der Waals surface area contributed by atoms with Crippen molar-refractivity contribution in [1.29, 1.82) is 0 Å². The van der Waals surface area contributed by atoms with Crippen LogP contribution in [-0.2, 0) is 6.54 Å². The van der Waals surface area contributed by atoms with E-state index >= 15 is 0 Å². The van der Waals surface area contributed by atoms with Crippen LogP contribution in [0.3, 0.4) is 0 Å². The monoisotopic (exact) mass is 274 g/mol. The Morgan fingerprint density at radius 3 is 2.53 bits per heavy atom. The molecule has 0 bridgehead atoms. The number of nitrogens with one attached hydrogen (secondary N) is 2. The highest BCUT2D eigenvalue weighted by Gasteiger charge is 2.08. The van der Waals surface area contributed by atoms with Crippen molar-refractivity contribution < 1.29 is 4.79 Å². The summed E-state index contributed by atoms with van der Waals surface area (Å²) in [5.74, 6) is 0. The van der Waals surface area contributed by atoms with E-state index in [1.807, 2.05) is 26.8 Å². The Hall–Kier alpha value is -0.930. The summed E-state index contributed by atoms with van der Waals surface area (Å²) in [4.78, 5) is 11.4. The Balaban J connectivity index is 2.67. The lowest BCUT2D eigenvalue weighted by molar-refractivity contribution is 0.238. The summed E-state index contributed by atoms with van der Waals surface area (Å²) in [6.07, 6.45) is 0. The Morgan fingerprint density at radius 1 is 1.35 bits per heavy atom. The number of halogens is 2. The van der Waals surface area contributed by atoms with Gasteiger partial charge in [0.2, 0.25) is 0 Å². The molecule has 1 aromatic carbocycles. The standard InChI is InChI=1S/C12H16Cl2N2O/c1-7(2)16-12(17)15-6-10-8(3)4-9(13)5-11(10)14/h4-5,7H,6H2,1-3H3,(H2,15,16,17). The topological polar surface area (TPSA) is 41.1 Å². The predicted octanol–water partition coefficient (Wildman–Crippen LogP) is 3.51. The first-order chi connectivity index (χ1) is 7.90. The van der Waals surface area contributed by atoms with Gasteiger partial charge in [0.05, 0.1) is 0 Å². The number of hydrogen-bond acceptors (Lipinski definition) is 1. The van der Waals surface area contributed by atoms with Gasteiger partial charge in [0.1, 0.15) is 0 Å². The maximum absolute atomic E-state index is 11.4. The van der Waals surface area contributed by atoms with Gasteiger partial charge >= 0.3 is 6.03 Å². The molecule has 0 spiro atoms. The molecule has 17 heavy (non-hydrogen) atoms. The first-order valence-corrected chi connectivity index (χ1v) is 6.14. The lowest BCUT2D eigenvalue weighted by Gasteiger charge is -2.13. The number of rotatable bonds is 3. The van der Waals surface area contributed by atoms with E-state index in [9.17, 15) is 4.79 Å². The minimum Gasteiger partial charge on any atom is -0.336 e. The summed E-state index contributed by atoms with van der Waals surface area (Å²) in [5, 5.41) is 6.67. The van der Waals surface area contributed by atoms with E-state index in [1.165, 1.54) is 0 Å². The molecule has 0 fully saturated rings. The second-order valence-electron chi connectivity index (χ2n) is 4.16. The second kappa shape index (κ2) is 6.12. The number of hydrogen-bond donors (Lipinski definition) is 2. The fourth-order valence-electron chi connectivity index (χ4n) is 1.44. The molecule has 0 atom stereocenters. The molecule has 0 saturated heterocycles. The fraction of sp³-hybridized carbons (Fsp3) is 0.417. The van der Waals surface area contributed by atoms with E-state index in [-0.39, 0.29) is 12.1 Å². The van der Waals surface area contributed by atoms with Crippen LogP contribution >= 0.6 is 23.2 Å². The zero-order chi connectivity index (χ0) is 13.0. The molecule has 0 aliphatic heterocycles. The predicted molar refractivity (Wildman–Crippen MR) is 71.7 cm³/mol. The van der Waals surface area contributed by atoms with Crippen LogP contribution in [0.4, 0.5) is 4.79 Å². The Morgan fingerprint density at radius 2 is 2.00 bits per heavy atom. The van der Waals surface area contributed by atoms with Crippen molar-refractivity contribution in [3.8, 4) is 0 Å². The van der Waals surface area contributed by atoms with Gasteiger partial charge in [-0.25, -0.2) is 4.79 Å². The lowest BCUT2D eigenvalue weighted by Crippen LogP contribution is -2.39. The van der Waals surface area contributed by atoms with Crippen molar-refractivity contribution in [3.63, 3.8) is 0 Å². The van der Waals surface area contributed by atoms with Gasteiger partial charge in [-0.1, -0.05) is 23.2 Å². The fourth-order valence-corrected chi connectivity index (χ4v) is 2.10. The number of amides is 2. The Kier molecular flexibility index (Phi) is 5.09. The van der Waals surface area contributed by atoms with E-state index < -0.39 is 0 Å². The molecule has 0 aliphatic rings. The molecular formula is C12H16Cl2N2O. The molecule has 2 N–H and O–H groups in total.